The van der Waals surface area contributed by atoms with Gasteiger partial charge in [0, 0.05) is 12.6 Å². The van der Waals surface area contributed by atoms with Crippen molar-refractivity contribution in [2.45, 2.75) is 44.9 Å². The molecule has 0 unspecified atom stereocenters. The highest BCUT2D eigenvalue weighted by Crippen LogP contribution is 2.25. The molecule has 0 aromatic carbocycles. The maximum atomic E-state index is 11.1. The third kappa shape index (κ3) is 2.66. The molecule has 0 amide bonds. The van der Waals surface area contributed by atoms with E-state index in [1.165, 1.54) is 38.5 Å². The number of aromatic nitrogens is 3. The van der Waals surface area contributed by atoms with Gasteiger partial charge in [-0.15, -0.1) is 10.2 Å². The van der Waals surface area contributed by atoms with Gasteiger partial charge in [0.05, 0.1) is 5.56 Å². The van der Waals surface area contributed by atoms with E-state index in [1.807, 2.05) is 4.40 Å². The maximum Gasteiger partial charge on any atom is 0.337 e. The minimum Gasteiger partial charge on any atom is -0.478 e. The molecule has 5 heteroatoms. The molecule has 2 heterocycles. The van der Waals surface area contributed by atoms with Crippen molar-refractivity contribution < 1.29 is 9.90 Å². The number of hydrogen-bond acceptors (Lipinski definition) is 3. The molecule has 1 saturated carbocycles. The Morgan fingerprint density at radius 1 is 1.20 bits per heavy atom. The van der Waals surface area contributed by atoms with Gasteiger partial charge in [0.25, 0.3) is 0 Å². The first-order chi connectivity index (χ1) is 9.74. The standard InChI is InChI=1S/C15H19N3O2/c19-15(20)12-7-8-13-16-17-14(18(13)10-12)9-11-5-3-1-2-4-6-11/h7-8,10-11H,1-6,9H2,(H,19,20). The fourth-order valence-electron chi connectivity index (χ4n) is 3.03. The van der Waals surface area contributed by atoms with Crippen LogP contribution in [0, 0.1) is 5.92 Å². The number of fused-ring (bicyclic) bond motifs is 1. The van der Waals surface area contributed by atoms with Crippen molar-refractivity contribution in [1.82, 2.24) is 14.6 Å². The van der Waals surface area contributed by atoms with Crippen molar-refractivity contribution in [3.63, 3.8) is 0 Å². The predicted molar refractivity (Wildman–Crippen MR) is 74.8 cm³/mol. The van der Waals surface area contributed by atoms with Gasteiger partial charge in [-0.1, -0.05) is 38.5 Å². The van der Waals surface area contributed by atoms with Gasteiger partial charge in [-0.2, -0.15) is 0 Å². The molecular formula is C15H19N3O2. The summed E-state index contributed by atoms with van der Waals surface area (Å²) in [6.45, 7) is 0. The molecule has 0 spiro atoms. The largest absolute Gasteiger partial charge is 0.478 e. The molecular weight excluding hydrogens is 254 g/mol. The molecule has 2 aromatic rings. The number of carbonyl (C=O) groups is 1. The molecule has 20 heavy (non-hydrogen) atoms. The quantitative estimate of drug-likeness (QED) is 0.873. The van der Waals surface area contributed by atoms with E-state index in [0.29, 0.717) is 5.92 Å². The van der Waals surface area contributed by atoms with E-state index < -0.39 is 5.97 Å². The van der Waals surface area contributed by atoms with Crippen molar-refractivity contribution >= 4 is 11.6 Å². The topological polar surface area (TPSA) is 67.5 Å². The average molecular weight is 273 g/mol. The Morgan fingerprint density at radius 2 is 1.95 bits per heavy atom. The van der Waals surface area contributed by atoms with E-state index in [1.54, 1.807) is 18.3 Å². The molecule has 3 rings (SSSR count). The zero-order valence-corrected chi connectivity index (χ0v) is 11.5. The minimum absolute atomic E-state index is 0.277. The normalized spacial score (nSPS) is 17.2. The van der Waals surface area contributed by atoms with Crippen LogP contribution in [0.1, 0.15) is 54.7 Å². The minimum atomic E-state index is -0.916. The zero-order valence-electron chi connectivity index (χ0n) is 11.5. The van der Waals surface area contributed by atoms with Crippen LogP contribution >= 0.6 is 0 Å². The number of rotatable bonds is 3. The van der Waals surface area contributed by atoms with Crippen molar-refractivity contribution in [3.8, 4) is 0 Å². The molecule has 0 atom stereocenters. The molecule has 5 nitrogen and oxygen atoms in total. The highest BCUT2D eigenvalue weighted by atomic mass is 16.4. The van der Waals surface area contributed by atoms with Crippen LogP contribution in [0.15, 0.2) is 18.3 Å². The van der Waals surface area contributed by atoms with Crippen LogP contribution in [0.4, 0.5) is 0 Å². The summed E-state index contributed by atoms with van der Waals surface area (Å²) in [4.78, 5) is 11.1. The molecule has 1 N–H and O–H groups in total. The Labute approximate surface area is 117 Å². The molecule has 0 bridgehead atoms. The fourth-order valence-corrected chi connectivity index (χ4v) is 3.03. The van der Waals surface area contributed by atoms with E-state index in [-0.39, 0.29) is 5.56 Å². The Morgan fingerprint density at radius 3 is 2.65 bits per heavy atom. The SMILES string of the molecule is O=C(O)c1ccc2nnc(CC3CCCCCC3)n2c1. The number of carboxylic acids is 1. The molecule has 0 radical (unpaired) electrons. The highest BCUT2D eigenvalue weighted by molar-refractivity contribution is 5.87. The predicted octanol–water partition coefficient (Wildman–Crippen LogP) is 2.94. The number of pyridine rings is 1. The van der Waals surface area contributed by atoms with Crippen molar-refractivity contribution in [1.29, 1.82) is 0 Å². The molecule has 1 fully saturated rings. The second-order valence-corrected chi connectivity index (χ2v) is 5.63. The van der Waals surface area contributed by atoms with Gasteiger partial charge in [0.15, 0.2) is 5.65 Å². The molecule has 2 aromatic heterocycles. The number of carboxylic acid groups (broad SMARTS) is 1. The molecule has 0 saturated heterocycles. The van der Waals surface area contributed by atoms with Crippen molar-refractivity contribution in [3.05, 3.63) is 29.7 Å². The summed E-state index contributed by atoms with van der Waals surface area (Å²) in [5, 5.41) is 17.4. The van der Waals surface area contributed by atoms with E-state index in [0.717, 1.165) is 17.9 Å². The van der Waals surface area contributed by atoms with Gasteiger partial charge in [0.2, 0.25) is 0 Å². The van der Waals surface area contributed by atoms with Crippen LogP contribution in [0.5, 0.6) is 0 Å². The Hall–Kier alpha value is -1.91. The lowest BCUT2D eigenvalue weighted by Crippen LogP contribution is -2.08. The van der Waals surface area contributed by atoms with E-state index >= 15 is 0 Å². The summed E-state index contributed by atoms with van der Waals surface area (Å²) in [5.41, 5.74) is 0.998. The van der Waals surface area contributed by atoms with E-state index in [9.17, 15) is 4.79 Å². The van der Waals surface area contributed by atoms with Crippen LogP contribution in [-0.4, -0.2) is 25.7 Å². The zero-order chi connectivity index (χ0) is 13.9. The summed E-state index contributed by atoms with van der Waals surface area (Å²) in [5.74, 6) is 0.620. The van der Waals surface area contributed by atoms with Crippen LogP contribution in [0.25, 0.3) is 5.65 Å². The van der Waals surface area contributed by atoms with Crippen LogP contribution < -0.4 is 0 Å². The summed E-state index contributed by atoms with van der Waals surface area (Å²) < 4.78 is 1.83. The lowest BCUT2D eigenvalue weighted by Gasteiger charge is -2.12. The highest BCUT2D eigenvalue weighted by Gasteiger charge is 2.17. The number of nitrogens with zero attached hydrogens (tertiary/aromatic N) is 3. The lowest BCUT2D eigenvalue weighted by molar-refractivity contribution is 0.0696. The third-order valence-corrected chi connectivity index (χ3v) is 4.17. The fraction of sp³-hybridized carbons (Fsp3) is 0.533. The first-order valence-corrected chi connectivity index (χ1v) is 7.31. The summed E-state index contributed by atoms with van der Waals surface area (Å²) in [6, 6.07) is 3.29. The molecule has 1 aliphatic carbocycles. The Balaban J connectivity index is 1.86. The van der Waals surface area contributed by atoms with Gasteiger partial charge >= 0.3 is 5.97 Å². The molecule has 0 aliphatic heterocycles. The second-order valence-electron chi connectivity index (χ2n) is 5.63. The Kier molecular flexibility index (Phi) is 3.67. The van der Waals surface area contributed by atoms with Crippen molar-refractivity contribution in [2.24, 2.45) is 5.92 Å². The Bertz CT molecular complexity index is 613. The monoisotopic (exact) mass is 273 g/mol. The van der Waals surface area contributed by atoms with Crippen LogP contribution in [0.3, 0.4) is 0 Å². The van der Waals surface area contributed by atoms with Gasteiger partial charge < -0.3 is 5.11 Å². The van der Waals surface area contributed by atoms with E-state index in [4.69, 9.17) is 5.11 Å². The smallest absolute Gasteiger partial charge is 0.337 e. The van der Waals surface area contributed by atoms with Gasteiger partial charge in [0.1, 0.15) is 5.82 Å². The summed E-state index contributed by atoms with van der Waals surface area (Å²) in [6.07, 6.45) is 10.3. The average Bonchev–Trinajstić information content (AvgIpc) is 2.66. The van der Waals surface area contributed by atoms with Gasteiger partial charge in [-0.05, 0) is 18.1 Å². The third-order valence-electron chi connectivity index (χ3n) is 4.17. The summed E-state index contributed by atoms with van der Waals surface area (Å²) in [7, 11) is 0. The van der Waals surface area contributed by atoms with Gasteiger partial charge in [-0.3, -0.25) is 4.40 Å². The second kappa shape index (κ2) is 5.61. The van der Waals surface area contributed by atoms with Crippen LogP contribution in [-0.2, 0) is 6.42 Å². The maximum absolute atomic E-state index is 11.1. The number of hydrogen-bond donors (Lipinski definition) is 1. The first kappa shape index (κ1) is 13.1. The first-order valence-electron chi connectivity index (χ1n) is 7.31. The van der Waals surface area contributed by atoms with E-state index in [2.05, 4.69) is 10.2 Å². The number of aromatic carboxylic acids is 1. The molecule has 106 valence electrons. The lowest BCUT2D eigenvalue weighted by atomic mass is 9.96. The van der Waals surface area contributed by atoms with Gasteiger partial charge in [-0.25, -0.2) is 4.79 Å². The summed E-state index contributed by atoms with van der Waals surface area (Å²) >= 11 is 0. The van der Waals surface area contributed by atoms with Crippen molar-refractivity contribution in [2.75, 3.05) is 0 Å². The van der Waals surface area contributed by atoms with Crippen LogP contribution in [0.2, 0.25) is 0 Å². The molecule has 1 aliphatic rings.